The molecule has 2 aliphatic heterocycles. The Morgan fingerprint density at radius 1 is 0.828 bits per heavy atom. The lowest BCUT2D eigenvalue weighted by atomic mass is 9.81. The highest BCUT2D eigenvalue weighted by Gasteiger charge is 2.52. The predicted molar refractivity (Wildman–Crippen MR) is 227 cm³/mol. The first-order chi connectivity index (χ1) is 27.3. The van der Waals surface area contributed by atoms with Crippen LogP contribution in [0.4, 0.5) is 9.59 Å². The molecule has 11 nitrogen and oxygen atoms in total. The van der Waals surface area contributed by atoms with Gasteiger partial charge in [-0.1, -0.05) is 94.9 Å². The highest BCUT2D eigenvalue weighted by Crippen LogP contribution is 2.44. The highest BCUT2D eigenvalue weighted by molar-refractivity contribution is 6.68. The Hall–Kier alpha value is -3.87. The molecule has 314 valence electrons. The van der Waals surface area contributed by atoms with Crippen molar-refractivity contribution in [2.24, 2.45) is 0 Å². The summed E-state index contributed by atoms with van der Waals surface area (Å²) >= 11 is 25.2. The van der Waals surface area contributed by atoms with Crippen molar-refractivity contribution in [2.75, 3.05) is 40.5 Å². The zero-order valence-electron chi connectivity index (χ0n) is 33.9. The molecule has 0 radical (unpaired) electrons. The van der Waals surface area contributed by atoms with Crippen molar-refractivity contribution in [3.63, 3.8) is 0 Å². The minimum absolute atomic E-state index is 0.0560. The maximum atomic E-state index is 14.8. The van der Waals surface area contributed by atoms with Crippen LogP contribution in [-0.4, -0.2) is 100 Å². The molecule has 1 fully saturated rings. The number of hydrogen-bond acceptors (Lipinski definition) is 8. The molecule has 0 aromatic heterocycles. The van der Waals surface area contributed by atoms with Crippen molar-refractivity contribution >= 4 is 70.1 Å². The Morgan fingerprint density at radius 3 is 2.12 bits per heavy atom. The number of nitrogens with zero attached hydrogens (tertiary/aromatic N) is 3. The molecule has 15 heteroatoms. The van der Waals surface area contributed by atoms with Crippen LogP contribution in [0.15, 0.2) is 78.4 Å². The number of hydrogen-bond donors (Lipinski definition) is 0. The van der Waals surface area contributed by atoms with E-state index in [1.54, 1.807) is 45.9 Å². The van der Waals surface area contributed by atoms with E-state index in [-0.39, 0.29) is 32.0 Å². The number of alkyl halides is 3. The molecule has 0 aliphatic carbocycles. The molecule has 2 atom stereocenters. The Balaban J connectivity index is 1.44. The lowest BCUT2D eigenvalue weighted by Gasteiger charge is -2.51. The first kappa shape index (κ1) is 45.2. The summed E-state index contributed by atoms with van der Waals surface area (Å²) in [5.41, 5.74) is 1.18. The second-order valence-corrected chi connectivity index (χ2v) is 18.5. The maximum Gasteiger partial charge on any atom is 0.411 e. The molecule has 1 saturated heterocycles. The number of benzene rings is 3. The second-order valence-electron chi connectivity index (χ2n) is 15.8. The normalized spacial score (nSPS) is 17.2. The van der Waals surface area contributed by atoms with E-state index in [1.807, 2.05) is 66.7 Å². The van der Waals surface area contributed by atoms with E-state index in [0.717, 1.165) is 28.0 Å². The van der Waals surface area contributed by atoms with E-state index in [9.17, 15) is 14.4 Å². The lowest BCUT2D eigenvalue weighted by molar-refractivity contribution is -0.127. The summed E-state index contributed by atoms with van der Waals surface area (Å²) in [4.78, 5) is 47.2. The molecular weight excluding hydrogens is 828 g/mol. The topological polar surface area (TPSA) is 107 Å². The number of ether oxygens (including phenoxy) is 5. The van der Waals surface area contributed by atoms with Crippen molar-refractivity contribution in [1.29, 1.82) is 0 Å². The van der Waals surface area contributed by atoms with Gasteiger partial charge >= 0.3 is 12.2 Å². The molecule has 5 rings (SSSR count). The van der Waals surface area contributed by atoms with E-state index in [1.165, 1.54) is 23.6 Å². The maximum absolute atomic E-state index is 14.8. The molecule has 2 bridgehead atoms. The summed E-state index contributed by atoms with van der Waals surface area (Å²) < 4.78 is 27.0. The fourth-order valence-corrected chi connectivity index (χ4v) is 7.11. The van der Waals surface area contributed by atoms with Crippen LogP contribution in [0.2, 0.25) is 5.02 Å². The summed E-state index contributed by atoms with van der Waals surface area (Å²) in [6, 6.07) is 20.9. The molecule has 3 aromatic rings. The second kappa shape index (κ2) is 19.0. The highest BCUT2D eigenvalue weighted by atomic mass is 35.6. The van der Waals surface area contributed by atoms with Gasteiger partial charge in [-0.25, -0.2) is 9.59 Å². The van der Waals surface area contributed by atoms with Crippen LogP contribution in [-0.2, 0) is 32.2 Å². The molecule has 0 saturated carbocycles. The Morgan fingerprint density at radius 2 is 1.48 bits per heavy atom. The van der Waals surface area contributed by atoms with E-state index in [2.05, 4.69) is 0 Å². The van der Waals surface area contributed by atoms with Gasteiger partial charge in [0.05, 0.1) is 39.0 Å². The van der Waals surface area contributed by atoms with Gasteiger partial charge in [0.25, 0.3) is 5.91 Å². The van der Waals surface area contributed by atoms with Gasteiger partial charge in [-0.3, -0.25) is 9.69 Å². The monoisotopic (exact) mass is 877 g/mol. The number of rotatable bonds is 13. The van der Waals surface area contributed by atoms with E-state index in [0.29, 0.717) is 42.6 Å². The zero-order chi connectivity index (χ0) is 42.4. The minimum atomic E-state index is -1.96. The fourth-order valence-electron chi connectivity index (χ4n) is 6.80. The fraction of sp³-hybridized carbons (Fsp3) is 0.465. The van der Waals surface area contributed by atoms with Gasteiger partial charge in [-0.05, 0) is 82.0 Å². The van der Waals surface area contributed by atoms with E-state index in [4.69, 9.17) is 70.1 Å². The molecular formula is C43H51Cl4N3O8. The van der Waals surface area contributed by atoms with Crippen LogP contribution in [0.25, 0.3) is 5.57 Å². The summed E-state index contributed by atoms with van der Waals surface area (Å²) in [6.45, 7) is 9.91. The number of para-hydroxylation sites is 1. The van der Waals surface area contributed by atoms with Gasteiger partial charge in [0.1, 0.15) is 17.1 Å². The average Bonchev–Trinajstić information content (AvgIpc) is 3.15. The lowest BCUT2D eigenvalue weighted by Crippen LogP contribution is -2.66. The average molecular weight is 880 g/mol. The molecule has 2 heterocycles. The summed E-state index contributed by atoms with van der Waals surface area (Å²) in [5.74, 6) is 1.06. The minimum Gasteiger partial charge on any atom is -0.496 e. The zero-order valence-corrected chi connectivity index (χ0v) is 36.9. The number of carbonyl (C=O) groups excluding carboxylic acids is 3. The molecule has 3 amide bonds. The number of piperazine rings is 1. The van der Waals surface area contributed by atoms with Gasteiger partial charge < -0.3 is 33.5 Å². The van der Waals surface area contributed by atoms with Crippen LogP contribution >= 0.6 is 46.4 Å². The molecule has 0 N–H and O–H groups in total. The van der Waals surface area contributed by atoms with Gasteiger partial charge in [-0.15, -0.1) is 0 Å². The Labute approximate surface area is 361 Å². The number of halogens is 4. The van der Waals surface area contributed by atoms with Crippen molar-refractivity contribution in [1.82, 2.24) is 14.7 Å². The van der Waals surface area contributed by atoms with Gasteiger partial charge in [0.15, 0.2) is 5.60 Å². The molecule has 3 aromatic carbocycles. The largest absolute Gasteiger partial charge is 0.496 e. The predicted octanol–water partition coefficient (Wildman–Crippen LogP) is 9.73. The third kappa shape index (κ3) is 11.2. The quantitative estimate of drug-likeness (QED) is 0.124. The first-order valence-electron chi connectivity index (χ1n) is 19.0. The van der Waals surface area contributed by atoms with E-state index < -0.39 is 39.3 Å². The van der Waals surface area contributed by atoms with Crippen LogP contribution in [0.5, 0.6) is 11.5 Å². The Kier molecular flexibility index (Phi) is 14.8. The number of likely N-dealkylation sites (N-methyl/N-ethyl adjacent to an activating group) is 1. The first-order valence-corrected chi connectivity index (χ1v) is 20.5. The van der Waals surface area contributed by atoms with Gasteiger partial charge in [0.2, 0.25) is 3.79 Å². The molecule has 0 unspecified atom stereocenters. The van der Waals surface area contributed by atoms with Crippen LogP contribution in [0.1, 0.15) is 64.2 Å². The SMILES string of the molecule is COc1ccccc1COCCCOc1ccc(C2=C(C(=O)N(C)Cc3ccccc3Cl)[C@H]3CN(C(=O)OC(C)(C)C)C[C@@H](C2)N3C(=O)OC(C)(C)C(Cl)(Cl)Cl)cc1. The third-order valence-corrected chi connectivity index (χ3v) is 11.6. The Bertz CT molecular complexity index is 1960. The van der Waals surface area contributed by atoms with Crippen molar-refractivity contribution < 1.29 is 38.1 Å². The molecule has 2 aliphatic rings. The van der Waals surface area contributed by atoms with E-state index >= 15 is 0 Å². The number of fused-ring (bicyclic) bond motifs is 2. The summed E-state index contributed by atoms with van der Waals surface area (Å²) in [7, 11) is 3.30. The van der Waals surface area contributed by atoms with Crippen molar-refractivity contribution in [2.45, 2.75) is 87.7 Å². The third-order valence-electron chi connectivity index (χ3n) is 9.84. The van der Waals surface area contributed by atoms with Crippen LogP contribution in [0.3, 0.4) is 0 Å². The summed E-state index contributed by atoms with van der Waals surface area (Å²) in [5, 5.41) is 0.506. The van der Waals surface area contributed by atoms with Crippen LogP contribution in [0, 0.1) is 0 Å². The molecule has 0 spiro atoms. The van der Waals surface area contributed by atoms with Crippen molar-refractivity contribution in [3.05, 3.63) is 100 Å². The number of methoxy groups -OCH3 is 1. The molecule has 58 heavy (non-hydrogen) atoms. The smallest absolute Gasteiger partial charge is 0.411 e. The standard InChI is InChI=1S/C43H51Cl4N3O8/c1-41(2,3)57-39(52)49-25-31-23-33(28-17-19-32(20-18-28)56-22-12-21-55-27-30-14-9-11-16-36(30)54-7)37(38(51)48(6)24-29-13-8-10-15-34(29)44)35(26-49)50(31)40(53)58-42(4,5)43(45,46)47/h8-11,13-20,31,35H,12,21-27H2,1-7H3/t31-,35-/m1/s1. The van der Waals surface area contributed by atoms with Crippen molar-refractivity contribution in [3.8, 4) is 11.5 Å². The number of carbonyl (C=O) groups is 3. The van der Waals surface area contributed by atoms with Gasteiger partial charge in [0, 0.05) is 49.3 Å². The van der Waals surface area contributed by atoms with Crippen LogP contribution < -0.4 is 9.47 Å². The summed E-state index contributed by atoms with van der Waals surface area (Å²) in [6.07, 6.45) is -0.492. The number of amides is 3. The van der Waals surface area contributed by atoms with Gasteiger partial charge in [-0.2, -0.15) is 0 Å².